The predicted octanol–water partition coefficient (Wildman–Crippen LogP) is 9.16. The first-order valence-electron chi connectivity index (χ1n) is 13.3. The Labute approximate surface area is 206 Å². The molecule has 0 N–H and O–H groups in total. The van der Waals surface area contributed by atoms with Gasteiger partial charge in [-0.25, -0.2) is 0 Å². The van der Waals surface area contributed by atoms with Crippen molar-refractivity contribution >= 4 is 49.8 Å². The zero-order valence-electron chi connectivity index (χ0n) is 21.9. The molecule has 0 aliphatic heterocycles. The summed E-state index contributed by atoms with van der Waals surface area (Å²) in [6.07, 6.45) is 8.89. The molecule has 0 aromatic heterocycles. The second-order valence-corrected chi connectivity index (χ2v) is 24.2. The van der Waals surface area contributed by atoms with Gasteiger partial charge in [0.15, 0.2) is 0 Å². The van der Waals surface area contributed by atoms with Gasteiger partial charge in [-0.15, -0.1) is 0 Å². The molecule has 0 aliphatic carbocycles. The second-order valence-electron chi connectivity index (χ2n) is 11.1. The van der Waals surface area contributed by atoms with Gasteiger partial charge in [0.05, 0.1) is 0 Å². The van der Waals surface area contributed by atoms with Gasteiger partial charge in [0.25, 0.3) is 0 Å². The van der Waals surface area contributed by atoms with Crippen molar-refractivity contribution in [1.29, 1.82) is 0 Å². The van der Waals surface area contributed by atoms with E-state index in [1.54, 1.807) is 0 Å². The van der Waals surface area contributed by atoms with Crippen LogP contribution in [0.2, 0.25) is 13.3 Å². The molecule has 0 amide bonds. The predicted molar refractivity (Wildman–Crippen MR) is 150 cm³/mol. The van der Waals surface area contributed by atoms with Crippen molar-refractivity contribution < 1.29 is 4.79 Å². The monoisotopic (exact) mass is 552 g/mol. The van der Waals surface area contributed by atoms with E-state index in [1.165, 1.54) is 88.8 Å². The Hall–Kier alpha value is -1.35. The zero-order valence-corrected chi connectivity index (χ0v) is 24.7. The van der Waals surface area contributed by atoms with Crippen molar-refractivity contribution in [1.82, 2.24) is 0 Å². The van der Waals surface area contributed by atoms with Crippen molar-refractivity contribution in [3.05, 3.63) is 53.6 Å². The van der Waals surface area contributed by atoms with E-state index in [2.05, 4.69) is 84.0 Å². The van der Waals surface area contributed by atoms with E-state index in [1.807, 2.05) is 0 Å². The van der Waals surface area contributed by atoms with E-state index in [0.29, 0.717) is 0 Å². The standard InChI is InChI=1S/C19H17O.3C4H9.Sn/c1-19(2,3)15-9-7-13-8-10-16-14(12-20)5-4-6-17(16)18(13)11-15;3*1-3-4-2;/h4,6-12H,1-3H3;3*1,3-4H2,2H3;. The van der Waals surface area contributed by atoms with Crippen molar-refractivity contribution in [2.24, 2.45) is 0 Å². The fraction of sp³-hybridized carbons (Fsp3) is 0.516. The van der Waals surface area contributed by atoms with Crippen molar-refractivity contribution in [2.75, 3.05) is 0 Å². The Morgan fingerprint density at radius 3 is 1.79 bits per heavy atom. The number of unbranched alkanes of at least 4 members (excludes halogenated alkanes) is 3. The van der Waals surface area contributed by atoms with Crippen LogP contribution in [0.1, 0.15) is 96.0 Å². The van der Waals surface area contributed by atoms with Crippen molar-refractivity contribution in [3.8, 4) is 0 Å². The number of fused-ring (bicyclic) bond motifs is 3. The maximum absolute atomic E-state index is 12.7. The van der Waals surface area contributed by atoms with Gasteiger partial charge in [-0.2, -0.15) is 0 Å². The summed E-state index contributed by atoms with van der Waals surface area (Å²) in [5, 5.41) is 4.96. The van der Waals surface area contributed by atoms with Crippen LogP contribution in [0.15, 0.2) is 42.5 Å². The summed E-state index contributed by atoms with van der Waals surface area (Å²) in [6.45, 7) is 13.8. The van der Waals surface area contributed by atoms with Crippen LogP contribution in [0.5, 0.6) is 0 Å². The summed E-state index contributed by atoms with van der Waals surface area (Å²) in [6, 6.07) is 16.1. The summed E-state index contributed by atoms with van der Waals surface area (Å²) in [5.74, 6) is 0. The molecule has 0 bridgehead atoms. The van der Waals surface area contributed by atoms with Crippen LogP contribution in [0, 0.1) is 0 Å². The van der Waals surface area contributed by atoms with Crippen molar-refractivity contribution in [2.45, 2.75) is 98.8 Å². The third-order valence-corrected chi connectivity index (χ3v) is 23.4. The molecule has 2 heteroatoms. The van der Waals surface area contributed by atoms with Crippen LogP contribution in [0.25, 0.3) is 21.5 Å². The Morgan fingerprint density at radius 2 is 1.27 bits per heavy atom. The molecule has 3 aromatic rings. The average Bonchev–Trinajstić information content (AvgIpc) is 2.82. The van der Waals surface area contributed by atoms with E-state index in [4.69, 9.17) is 0 Å². The van der Waals surface area contributed by atoms with Crippen LogP contribution in [-0.2, 0) is 5.41 Å². The number of carbonyl (C=O) groups is 1. The molecule has 178 valence electrons. The van der Waals surface area contributed by atoms with E-state index in [0.717, 1.165) is 5.56 Å². The molecule has 0 saturated heterocycles. The molecule has 3 aromatic carbocycles. The number of hydrogen-bond acceptors (Lipinski definition) is 1. The van der Waals surface area contributed by atoms with Gasteiger partial charge in [-0.3, -0.25) is 0 Å². The first kappa shape index (κ1) is 26.3. The Bertz CT molecular complexity index is 1070. The number of aldehydes is 1. The van der Waals surface area contributed by atoms with Gasteiger partial charge in [0.2, 0.25) is 0 Å². The molecule has 0 aliphatic rings. The van der Waals surface area contributed by atoms with Crippen LogP contribution < -0.4 is 3.58 Å². The molecule has 0 radical (unpaired) electrons. The van der Waals surface area contributed by atoms with Crippen LogP contribution in [0.3, 0.4) is 0 Å². The van der Waals surface area contributed by atoms with Gasteiger partial charge in [-0.1, -0.05) is 0 Å². The summed E-state index contributed by atoms with van der Waals surface area (Å²) in [5.41, 5.74) is 2.48. The summed E-state index contributed by atoms with van der Waals surface area (Å²) in [4.78, 5) is 12.7. The normalized spacial score (nSPS) is 12.5. The van der Waals surface area contributed by atoms with Crippen molar-refractivity contribution in [3.63, 3.8) is 0 Å². The SMILES string of the molecule is CCC[CH2][Sn]([CH2]CCC)([CH2]CCC)[c]1ccc2c(ccc3ccc(C(C)(C)C)cc32)c1C=O. The zero-order chi connectivity index (χ0) is 24.1. The Kier molecular flexibility index (Phi) is 9.06. The van der Waals surface area contributed by atoms with E-state index in [9.17, 15) is 4.79 Å². The minimum absolute atomic E-state index is 0.107. The fourth-order valence-corrected chi connectivity index (χ4v) is 22.2. The van der Waals surface area contributed by atoms with E-state index in [-0.39, 0.29) is 5.41 Å². The van der Waals surface area contributed by atoms with Gasteiger partial charge in [0.1, 0.15) is 0 Å². The average molecular weight is 551 g/mol. The molecule has 0 fully saturated rings. The first-order valence-corrected chi connectivity index (χ1v) is 20.7. The quantitative estimate of drug-likeness (QED) is 0.132. The fourth-order valence-electron chi connectivity index (χ4n) is 5.54. The van der Waals surface area contributed by atoms with E-state index >= 15 is 0 Å². The van der Waals surface area contributed by atoms with Gasteiger partial charge in [-0.05, 0) is 0 Å². The number of hydrogen-bond donors (Lipinski definition) is 0. The number of rotatable bonds is 11. The Morgan fingerprint density at radius 1 is 0.727 bits per heavy atom. The molecular formula is C31H44OSn. The summed E-state index contributed by atoms with van der Waals surface area (Å²) >= 11 is -2.71. The summed E-state index contributed by atoms with van der Waals surface area (Å²) < 4.78 is 5.67. The minimum atomic E-state index is -2.71. The third-order valence-electron chi connectivity index (χ3n) is 7.64. The van der Waals surface area contributed by atoms with E-state index < -0.39 is 18.4 Å². The van der Waals surface area contributed by atoms with Crippen LogP contribution in [-0.4, -0.2) is 24.7 Å². The molecule has 0 spiro atoms. The maximum atomic E-state index is 12.7. The molecule has 0 saturated carbocycles. The van der Waals surface area contributed by atoms with Gasteiger partial charge in [0, 0.05) is 0 Å². The number of carbonyl (C=O) groups excluding carboxylic acids is 1. The molecule has 0 atom stereocenters. The first-order chi connectivity index (χ1) is 15.8. The second kappa shape index (κ2) is 11.4. The van der Waals surface area contributed by atoms with Crippen LogP contribution >= 0.6 is 0 Å². The molecule has 1 nitrogen and oxygen atoms in total. The molecule has 33 heavy (non-hydrogen) atoms. The summed E-state index contributed by atoms with van der Waals surface area (Å²) in [7, 11) is 0. The van der Waals surface area contributed by atoms with Gasteiger partial charge < -0.3 is 0 Å². The number of benzene rings is 3. The molecular weight excluding hydrogens is 507 g/mol. The Balaban J connectivity index is 2.28. The molecule has 3 rings (SSSR count). The molecule has 0 heterocycles. The van der Waals surface area contributed by atoms with Crippen LogP contribution in [0.4, 0.5) is 0 Å². The molecule has 0 unspecified atom stereocenters. The topological polar surface area (TPSA) is 17.1 Å². The van der Waals surface area contributed by atoms with Gasteiger partial charge >= 0.3 is 207 Å². The third kappa shape index (κ3) is 5.66.